The summed E-state index contributed by atoms with van der Waals surface area (Å²) in [5.74, 6) is 0.657. The van der Waals surface area contributed by atoms with Crippen molar-refractivity contribution in [2.24, 2.45) is 0 Å². The van der Waals surface area contributed by atoms with E-state index >= 15 is 0 Å². The van der Waals surface area contributed by atoms with Gasteiger partial charge in [0.25, 0.3) is 0 Å². The molecular formula is C19H13ClF3N5O. The fourth-order valence-corrected chi connectivity index (χ4v) is 2.94. The Hall–Kier alpha value is -3.33. The van der Waals surface area contributed by atoms with Crippen LogP contribution in [-0.2, 0) is 6.18 Å². The Bertz CT molecular complexity index is 1170. The van der Waals surface area contributed by atoms with Crippen LogP contribution < -0.4 is 10.1 Å². The number of nitrogens with one attached hydrogen (secondary N) is 1. The summed E-state index contributed by atoms with van der Waals surface area (Å²) in [6, 6.07) is 9.78. The quantitative estimate of drug-likeness (QED) is 0.491. The molecule has 0 unspecified atom stereocenters. The van der Waals surface area contributed by atoms with E-state index in [-0.39, 0.29) is 22.9 Å². The van der Waals surface area contributed by atoms with Crippen LogP contribution in [0.15, 0.2) is 55.0 Å². The molecule has 0 fully saturated rings. The molecular weight excluding hydrogens is 407 g/mol. The van der Waals surface area contributed by atoms with E-state index < -0.39 is 11.9 Å². The van der Waals surface area contributed by atoms with Crippen molar-refractivity contribution < 1.29 is 17.9 Å². The zero-order chi connectivity index (χ0) is 20.6. The van der Waals surface area contributed by atoms with E-state index in [0.29, 0.717) is 16.5 Å². The first kappa shape index (κ1) is 19.0. The molecule has 0 saturated heterocycles. The third-order valence-corrected chi connectivity index (χ3v) is 4.34. The second-order valence-electron chi connectivity index (χ2n) is 6.03. The lowest BCUT2D eigenvalue weighted by Gasteiger charge is -2.10. The molecule has 4 aromatic rings. The maximum Gasteiger partial charge on any atom is 0.435 e. The summed E-state index contributed by atoms with van der Waals surface area (Å²) in [6.07, 6.45) is -0.579. The Kier molecular flexibility index (Phi) is 4.75. The number of anilines is 2. The molecule has 6 nitrogen and oxygen atoms in total. The molecule has 148 valence electrons. The highest BCUT2D eigenvalue weighted by Crippen LogP contribution is 2.37. The molecule has 0 spiro atoms. The van der Waals surface area contributed by atoms with Gasteiger partial charge in [-0.05, 0) is 36.4 Å². The van der Waals surface area contributed by atoms with Crippen LogP contribution in [0.3, 0.4) is 0 Å². The lowest BCUT2D eigenvalue weighted by Crippen LogP contribution is -2.09. The van der Waals surface area contributed by atoms with Gasteiger partial charge in [0.1, 0.15) is 28.6 Å². The molecule has 0 saturated carbocycles. The predicted octanol–water partition coefficient (Wildman–Crippen LogP) is 5.22. The van der Waals surface area contributed by atoms with E-state index in [2.05, 4.69) is 20.3 Å². The number of hydrogen-bond acceptors (Lipinski definition) is 5. The van der Waals surface area contributed by atoms with Gasteiger partial charge >= 0.3 is 6.18 Å². The molecule has 10 heteroatoms. The predicted molar refractivity (Wildman–Crippen MR) is 103 cm³/mol. The van der Waals surface area contributed by atoms with Crippen molar-refractivity contribution in [3.63, 3.8) is 0 Å². The summed E-state index contributed by atoms with van der Waals surface area (Å²) in [7, 11) is 1.43. The number of imidazole rings is 1. The minimum absolute atomic E-state index is 0.0111. The topological polar surface area (TPSA) is 64.3 Å². The first-order chi connectivity index (χ1) is 13.8. The van der Waals surface area contributed by atoms with Crippen molar-refractivity contribution in [2.75, 3.05) is 12.4 Å². The number of halogens is 4. The van der Waals surface area contributed by atoms with Gasteiger partial charge in [0.2, 0.25) is 0 Å². The number of aromatic nitrogens is 4. The van der Waals surface area contributed by atoms with Gasteiger partial charge in [0.15, 0.2) is 5.69 Å². The van der Waals surface area contributed by atoms with Crippen LogP contribution in [0.2, 0.25) is 5.02 Å². The van der Waals surface area contributed by atoms with E-state index in [4.69, 9.17) is 16.3 Å². The summed E-state index contributed by atoms with van der Waals surface area (Å²) < 4.78 is 47.4. The SMILES string of the molecule is COc1ccc2nc(C(F)(F)F)c(-c3cncc(Nc4ccc(Cl)cc4)n3)n2c1. The number of ether oxygens (including phenoxy) is 1. The summed E-state index contributed by atoms with van der Waals surface area (Å²) >= 11 is 5.87. The molecule has 3 heterocycles. The standard InChI is InChI=1S/C19H13ClF3N5O/c1-29-13-6-7-16-27-18(19(21,22)23)17(28(16)10-13)14-8-24-9-15(26-14)25-12-4-2-11(20)3-5-12/h2-10H,1H3,(H,25,26). The van der Waals surface area contributed by atoms with Gasteiger partial charge in [-0.1, -0.05) is 11.6 Å². The summed E-state index contributed by atoms with van der Waals surface area (Å²) in [4.78, 5) is 12.1. The molecule has 29 heavy (non-hydrogen) atoms. The van der Waals surface area contributed by atoms with Crippen LogP contribution in [0.25, 0.3) is 17.0 Å². The largest absolute Gasteiger partial charge is 0.495 e. The van der Waals surface area contributed by atoms with E-state index in [1.807, 2.05) is 0 Å². The van der Waals surface area contributed by atoms with Gasteiger partial charge in [-0.2, -0.15) is 13.2 Å². The zero-order valence-corrected chi connectivity index (χ0v) is 15.7. The van der Waals surface area contributed by atoms with Crippen LogP contribution >= 0.6 is 11.6 Å². The monoisotopic (exact) mass is 419 g/mol. The maximum absolute atomic E-state index is 13.7. The number of nitrogens with zero attached hydrogens (tertiary/aromatic N) is 4. The molecule has 0 bridgehead atoms. The Balaban J connectivity index is 1.84. The van der Waals surface area contributed by atoms with Gasteiger partial charge in [-0.25, -0.2) is 9.97 Å². The number of rotatable bonds is 4. The highest BCUT2D eigenvalue weighted by molar-refractivity contribution is 6.30. The smallest absolute Gasteiger partial charge is 0.435 e. The van der Waals surface area contributed by atoms with Crippen molar-refractivity contribution >= 4 is 28.8 Å². The van der Waals surface area contributed by atoms with Crippen molar-refractivity contribution in [1.29, 1.82) is 0 Å². The molecule has 0 atom stereocenters. The van der Waals surface area contributed by atoms with Gasteiger partial charge in [-0.3, -0.25) is 9.38 Å². The van der Waals surface area contributed by atoms with E-state index in [1.54, 1.807) is 24.3 Å². The summed E-state index contributed by atoms with van der Waals surface area (Å²) in [6.45, 7) is 0. The molecule has 1 N–H and O–H groups in total. The lowest BCUT2D eigenvalue weighted by atomic mass is 10.2. The Labute approximate surface area is 168 Å². The molecule has 1 aromatic carbocycles. The molecule has 0 aliphatic carbocycles. The highest BCUT2D eigenvalue weighted by atomic mass is 35.5. The maximum atomic E-state index is 13.7. The molecule has 0 aliphatic rings. The molecule has 3 aromatic heterocycles. The second-order valence-corrected chi connectivity index (χ2v) is 6.46. The zero-order valence-electron chi connectivity index (χ0n) is 14.9. The number of benzene rings is 1. The van der Waals surface area contributed by atoms with Crippen molar-refractivity contribution in [2.45, 2.75) is 6.18 Å². The van der Waals surface area contributed by atoms with Crippen molar-refractivity contribution in [3.05, 3.63) is 65.7 Å². The Morgan fingerprint density at radius 3 is 2.48 bits per heavy atom. The molecule has 0 radical (unpaired) electrons. The van der Waals surface area contributed by atoms with Gasteiger partial charge in [-0.15, -0.1) is 0 Å². The third kappa shape index (κ3) is 3.81. The van der Waals surface area contributed by atoms with Gasteiger partial charge in [0.05, 0.1) is 25.7 Å². The minimum atomic E-state index is -4.67. The number of fused-ring (bicyclic) bond motifs is 1. The molecule has 0 amide bonds. The van der Waals surface area contributed by atoms with Crippen LogP contribution in [0.5, 0.6) is 5.75 Å². The van der Waals surface area contributed by atoms with Gasteiger partial charge in [0, 0.05) is 10.7 Å². The first-order valence-electron chi connectivity index (χ1n) is 8.33. The fraction of sp³-hybridized carbons (Fsp3) is 0.105. The number of methoxy groups -OCH3 is 1. The fourth-order valence-electron chi connectivity index (χ4n) is 2.81. The highest BCUT2D eigenvalue weighted by Gasteiger charge is 2.39. The van der Waals surface area contributed by atoms with E-state index in [9.17, 15) is 13.2 Å². The van der Waals surface area contributed by atoms with Crippen LogP contribution in [0.4, 0.5) is 24.7 Å². The van der Waals surface area contributed by atoms with Crippen LogP contribution in [-0.4, -0.2) is 26.5 Å². The average molecular weight is 420 g/mol. The van der Waals surface area contributed by atoms with Crippen LogP contribution in [0, 0.1) is 0 Å². The third-order valence-electron chi connectivity index (χ3n) is 4.09. The number of pyridine rings is 1. The van der Waals surface area contributed by atoms with E-state index in [1.165, 1.54) is 42.2 Å². The molecule has 4 rings (SSSR count). The lowest BCUT2D eigenvalue weighted by molar-refractivity contribution is -0.140. The minimum Gasteiger partial charge on any atom is -0.495 e. The normalized spacial score (nSPS) is 11.6. The van der Waals surface area contributed by atoms with Crippen LogP contribution in [0.1, 0.15) is 5.69 Å². The average Bonchev–Trinajstić information content (AvgIpc) is 3.09. The number of alkyl halides is 3. The van der Waals surface area contributed by atoms with E-state index in [0.717, 1.165) is 0 Å². The molecule has 0 aliphatic heterocycles. The Morgan fingerprint density at radius 2 is 1.79 bits per heavy atom. The first-order valence-corrected chi connectivity index (χ1v) is 8.71. The Morgan fingerprint density at radius 1 is 1.03 bits per heavy atom. The second kappa shape index (κ2) is 7.25. The van der Waals surface area contributed by atoms with Gasteiger partial charge < -0.3 is 10.1 Å². The summed E-state index contributed by atoms with van der Waals surface area (Å²) in [5.41, 5.74) is -0.484. The number of hydrogen-bond donors (Lipinski definition) is 1. The summed E-state index contributed by atoms with van der Waals surface area (Å²) in [5, 5.41) is 3.55. The van der Waals surface area contributed by atoms with Crippen molar-refractivity contribution in [1.82, 2.24) is 19.4 Å². The van der Waals surface area contributed by atoms with Crippen molar-refractivity contribution in [3.8, 4) is 17.1 Å².